The standard InChI is InChI=1S/C23H23NO6/c1-2-13-29-22(27)20(11-12-21(25)26)24-23(28)30-14-19-17-9-5-3-7-15(17)16-8-4-6-10-18(16)19/h2-10,13,19-20H,11-12,14H2,1H3,(H,24,28)(H,25,26). The molecule has 0 spiro atoms. The summed E-state index contributed by atoms with van der Waals surface area (Å²) in [6.45, 7) is 1.76. The van der Waals surface area contributed by atoms with Crippen molar-refractivity contribution in [3.63, 3.8) is 0 Å². The third-order valence-corrected chi connectivity index (χ3v) is 4.89. The number of ether oxygens (including phenoxy) is 2. The van der Waals surface area contributed by atoms with Crippen LogP contribution in [0.15, 0.2) is 60.9 Å². The van der Waals surface area contributed by atoms with Gasteiger partial charge in [-0.1, -0.05) is 54.6 Å². The fourth-order valence-electron chi connectivity index (χ4n) is 3.52. The van der Waals surface area contributed by atoms with Crippen LogP contribution >= 0.6 is 0 Å². The molecule has 0 fully saturated rings. The number of esters is 1. The lowest BCUT2D eigenvalue weighted by atomic mass is 9.98. The Bertz CT molecular complexity index is 922. The number of carbonyl (C=O) groups is 3. The molecule has 2 aromatic rings. The smallest absolute Gasteiger partial charge is 0.407 e. The first-order valence-corrected chi connectivity index (χ1v) is 9.66. The van der Waals surface area contributed by atoms with E-state index in [0.29, 0.717) is 0 Å². The van der Waals surface area contributed by atoms with Gasteiger partial charge in [-0.15, -0.1) is 0 Å². The number of nitrogens with one attached hydrogen (secondary N) is 1. The number of benzene rings is 2. The SMILES string of the molecule is CC=COC(=O)C(CCC(=O)O)NC(=O)OCC1c2ccccc2-c2ccccc21. The van der Waals surface area contributed by atoms with E-state index in [1.54, 1.807) is 6.92 Å². The molecule has 7 nitrogen and oxygen atoms in total. The van der Waals surface area contributed by atoms with Gasteiger partial charge in [0.25, 0.3) is 0 Å². The second-order valence-corrected chi connectivity index (χ2v) is 6.86. The number of fused-ring (bicyclic) bond motifs is 3. The van der Waals surface area contributed by atoms with Crippen molar-refractivity contribution in [3.8, 4) is 11.1 Å². The molecule has 1 unspecified atom stereocenters. The fraction of sp³-hybridized carbons (Fsp3) is 0.261. The van der Waals surface area contributed by atoms with Gasteiger partial charge in [0.15, 0.2) is 0 Å². The molecule has 156 valence electrons. The van der Waals surface area contributed by atoms with Gasteiger partial charge in [-0.2, -0.15) is 0 Å². The Hall–Kier alpha value is -3.61. The molecule has 3 rings (SSSR count). The van der Waals surface area contributed by atoms with Gasteiger partial charge < -0.3 is 19.9 Å². The summed E-state index contributed by atoms with van der Waals surface area (Å²) in [6.07, 6.45) is 1.49. The third kappa shape index (κ3) is 4.86. The fourth-order valence-corrected chi connectivity index (χ4v) is 3.52. The Labute approximate surface area is 174 Å². The molecular weight excluding hydrogens is 386 g/mol. The molecule has 7 heteroatoms. The maximum atomic E-state index is 12.4. The van der Waals surface area contributed by atoms with Crippen LogP contribution in [0, 0.1) is 0 Å². The third-order valence-electron chi connectivity index (χ3n) is 4.89. The van der Waals surface area contributed by atoms with Crippen molar-refractivity contribution in [2.24, 2.45) is 0 Å². The van der Waals surface area contributed by atoms with E-state index in [-0.39, 0.29) is 25.4 Å². The molecular formula is C23H23NO6. The van der Waals surface area contributed by atoms with Crippen LogP contribution in [0.3, 0.4) is 0 Å². The lowest BCUT2D eigenvalue weighted by Crippen LogP contribution is -2.42. The van der Waals surface area contributed by atoms with Crippen LogP contribution in [0.2, 0.25) is 0 Å². The van der Waals surface area contributed by atoms with Gasteiger partial charge in [0.05, 0.1) is 6.26 Å². The molecule has 0 saturated carbocycles. The van der Waals surface area contributed by atoms with E-state index in [1.165, 1.54) is 12.3 Å². The van der Waals surface area contributed by atoms with Crippen molar-refractivity contribution in [2.45, 2.75) is 31.7 Å². The highest BCUT2D eigenvalue weighted by atomic mass is 16.6. The zero-order valence-corrected chi connectivity index (χ0v) is 16.5. The monoisotopic (exact) mass is 409 g/mol. The van der Waals surface area contributed by atoms with E-state index in [1.807, 2.05) is 48.5 Å². The van der Waals surface area contributed by atoms with Crippen molar-refractivity contribution in [1.29, 1.82) is 0 Å². The van der Waals surface area contributed by atoms with Gasteiger partial charge in [-0.3, -0.25) is 4.79 Å². The predicted molar refractivity (Wildman–Crippen MR) is 110 cm³/mol. The minimum Gasteiger partial charge on any atom is -0.481 e. The summed E-state index contributed by atoms with van der Waals surface area (Å²) in [5.41, 5.74) is 4.36. The zero-order valence-electron chi connectivity index (χ0n) is 16.5. The highest BCUT2D eigenvalue weighted by Gasteiger charge is 2.30. The van der Waals surface area contributed by atoms with E-state index in [2.05, 4.69) is 5.32 Å². The second kappa shape index (κ2) is 9.73. The zero-order chi connectivity index (χ0) is 21.5. The Kier molecular flexibility index (Phi) is 6.85. The summed E-state index contributed by atoms with van der Waals surface area (Å²) in [7, 11) is 0. The van der Waals surface area contributed by atoms with Crippen LogP contribution in [0.4, 0.5) is 4.79 Å². The lowest BCUT2D eigenvalue weighted by Gasteiger charge is -2.18. The minimum atomic E-state index is -1.12. The number of alkyl carbamates (subject to hydrolysis) is 1. The number of amides is 1. The highest BCUT2D eigenvalue weighted by molar-refractivity contribution is 5.83. The molecule has 0 aromatic heterocycles. The molecule has 2 aromatic carbocycles. The van der Waals surface area contributed by atoms with Crippen LogP contribution < -0.4 is 5.32 Å². The van der Waals surface area contributed by atoms with Gasteiger partial charge in [-0.05, 0) is 35.6 Å². The number of aliphatic carboxylic acids is 1. The molecule has 0 aliphatic heterocycles. The molecule has 1 aliphatic rings. The lowest BCUT2D eigenvalue weighted by molar-refractivity contribution is -0.141. The molecule has 0 saturated heterocycles. The maximum Gasteiger partial charge on any atom is 0.407 e. The molecule has 0 heterocycles. The molecule has 0 bridgehead atoms. The first kappa shape index (κ1) is 21.1. The molecule has 1 atom stereocenters. The Morgan fingerprint density at radius 3 is 2.23 bits per heavy atom. The van der Waals surface area contributed by atoms with Gasteiger partial charge in [0.1, 0.15) is 12.6 Å². The number of hydrogen-bond acceptors (Lipinski definition) is 5. The summed E-state index contributed by atoms with van der Waals surface area (Å²) in [6, 6.07) is 14.8. The highest BCUT2D eigenvalue weighted by Crippen LogP contribution is 2.44. The summed E-state index contributed by atoms with van der Waals surface area (Å²) in [5.74, 6) is -1.94. The quantitative estimate of drug-likeness (QED) is 0.507. The number of carboxylic acid groups (broad SMARTS) is 1. The van der Waals surface area contributed by atoms with Crippen molar-refractivity contribution < 1.29 is 29.0 Å². The summed E-state index contributed by atoms with van der Waals surface area (Å²) >= 11 is 0. The normalized spacial score (nSPS) is 13.4. The number of hydrogen-bond donors (Lipinski definition) is 2. The van der Waals surface area contributed by atoms with Crippen LogP contribution in [0.5, 0.6) is 0 Å². The number of rotatable bonds is 8. The van der Waals surface area contributed by atoms with Gasteiger partial charge >= 0.3 is 18.0 Å². The van der Waals surface area contributed by atoms with Crippen LogP contribution in [-0.4, -0.2) is 35.8 Å². The van der Waals surface area contributed by atoms with Gasteiger partial charge in [0, 0.05) is 12.3 Å². The number of carboxylic acids is 1. The van der Waals surface area contributed by atoms with Crippen molar-refractivity contribution in [3.05, 3.63) is 72.0 Å². The summed E-state index contributed by atoms with van der Waals surface area (Å²) in [5, 5.41) is 11.3. The van der Waals surface area contributed by atoms with Crippen molar-refractivity contribution in [2.75, 3.05) is 6.61 Å². The van der Waals surface area contributed by atoms with E-state index in [0.717, 1.165) is 22.3 Å². The number of allylic oxidation sites excluding steroid dienone is 1. The van der Waals surface area contributed by atoms with E-state index in [9.17, 15) is 14.4 Å². The molecule has 1 aliphatic carbocycles. The largest absolute Gasteiger partial charge is 0.481 e. The summed E-state index contributed by atoms with van der Waals surface area (Å²) in [4.78, 5) is 35.3. The minimum absolute atomic E-state index is 0.0927. The molecule has 0 radical (unpaired) electrons. The molecule has 2 N–H and O–H groups in total. The first-order chi connectivity index (χ1) is 14.5. The van der Waals surface area contributed by atoms with Crippen molar-refractivity contribution in [1.82, 2.24) is 5.32 Å². The van der Waals surface area contributed by atoms with Crippen LogP contribution in [0.1, 0.15) is 36.8 Å². The topological polar surface area (TPSA) is 102 Å². The van der Waals surface area contributed by atoms with Crippen LogP contribution in [-0.2, 0) is 19.1 Å². The number of carbonyl (C=O) groups excluding carboxylic acids is 2. The average molecular weight is 409 g/mol. The van der Waals surface area contributed by atoms with Crippen molar-refractivity contribution >= 4 is 18.0 Å². The van der Waals surface area contributed by atoms with E-state index >= 15 is 0 Å². The van der Waals surface area contributed by atoms with Gasteiger partial charge in [-0.25, -0.2) is 9.59 Å². The van der Waals surface area contributed by atoms with Crippen LogP contribution in [0.25, 0.3) is 11.1 Å². The van der Waals surface area contributed by atoms with E-state index < -0.39 is 24.1 Å². The molecule has 1 amide bonds. The Balaban J connectivity index is 1.66. The maximum absolute atomic E-state index is 12.4. The van der Waals surface area contributed by atoms with Gasteiger partial charge in [0.2, 0.25) is 0 Å². The second-order valence-electron chi connectivity index (χ2n) is 6.86. The van der Waals surface area contributed by atoms with E-state index in [4.69, 9.17) is 14.6 Å². The molecule has 30 heavy (non-hydrogen) atoms. The average Bonchev–Trinajstić information content (AvgIpc) is 3.07. The Morgan fingerprint density at radius 1 is 1.07 bits per heavy atom. The Morgan fingerprint density at radius 2 is 1.67 bits per heavy atom. The summed E-state index contributed by atoms with van der Waals surface area (Å²) < 4.78 is 10.3. The first-order valence-electron chi connectivity index (χ1n) is 9.66. The predicted octanol–water partition coefficient (Wildman–Crippen LogP) is 3.84.